The number of ether oxygens (including phenoxy) is 2. The minimum Gasteiger partial charge on any atom is -0.496 e. The molecule has 0 fully saturated rings. The average Bonchev–Trinajstić information content (AvgIpc) is 3.28. The Balaban J connectivity index is 1.89. The van der Waals surface area contributed by atoms with Gasteiger partial charge in [-0.1, -0.05) is 24.3 Å². The van der Waals surface area contributed by atoms with Gasteiger partial charge in [-0.15, -0.1) is 11.3 Å². The van der Waals surface area contributed by atoms with Gasteiger partial charge in [-0.2, -0.15) is 13.2 Å². The molecule has 0 aliphatic carbocycles. The molecular formula is C22H13F3O5S. The second-order valence-corrected chi connectivity index (χ2v) is 7.31. The zero-order valence-electron chi connectivity index (χ0n) is 15.9. The summed E-state index contributed by atoms with van der Waals surface area (Å²) >= 11 is 1.16. The highest BCUT2D eigenvalue weighted by atomic mass is 32.1. The van der Waals surface area contributed by atoms with Crippen molar-refractivity contribution < 1.29 is 31.9 Å². The second-order valence-electron chi connectivity index (χ2n) is 6.36. The molecule has 4 rings (SSSR count). The first kappa shape index (κ1) is 20.7. The number of carbonyl (C=O) groups excluding carboxylic acids is 1. The number of methoxy groups -OCH3 is 1. The Morgan fingerprint density at radius 2 is 1.84 bits per heavy atom. The Hall–Kier alpha value is -3.59. The molecule has 0 amide bonds. The van der Waals surface area contributed by atoms with Crippen molar-refractivity contribution in [1.82, 2.24) is 0 Å². The fourth-order valence-electron chi connectivity index (χ4n) is 3.08. The third-order valence-corrected chi connectivity index (χ3v) is 5.28. The van der Waals surface area contributed by atoms with E-state index in [0.717, 1.165) is 17.4 Å². The van der Waals surface area contributed by atoms with Gasteiger partial charge < -0.3 is 13.9 Å². The van der Waals surface area contributed by atoms with E-state index in [1.54, 1.807) is 23.6 Å². The van der Waals surface area contributed by atoms with Crippen LogP contribution in [0.3, 0.4) is 0 Å². The summed E-state index contributed by atoms with van der Waals surface area (Å²) < 4.78 is 56.9. The van der Waals surface area contributed by atoms with Crippen LogP contribution in [0.25, 0.3) is 22.1 Å². The second kappa shape index (κ2) is 7.92. The molecule has 2 aromatic heterocycles. The summed E-state index contributed by atoms with van der Waals surface area (Å²) in [6.45, 7) is 0. The van der Waals surface area contributed by atoms with Crippen LogP contribution in [0.5, 0.6) is 11.5 Å². The number of carbonyl (C=O) groups is 1. The first-order valence-corrected chi connectivity index (χ1v) is 9.74. The number of benzene rings is 2. The molecule has 158 valence electrons. The van der Waals surface area contributed by atoms with E-state index in [9.17, 15) is 22.8 Å². The lowest BCUT2D eigenvalue weighted by atomic mass is 10.0. The minimum absolute atomic E-state index is 0.0406. The van der Waals surface area contributed by atoms with Crippen molar-refractivity contribution in [3.8, 4) is 22.6 Å². The van der Waals surface area contributed by atoms with E-state index in [1.807, 2.05) is 0 Å². The van der Waals surface area contributed by atoms with Gasteiger partial charge in [0, 0.05) is 11.6 Å². The zero-order chi connectivity index (χ0) is 22.2. The van der Waals surface area contributed by atoms with Crippen LogP contribution in [-0.4, -0.2) is 13.1 Å². The lowest BCUT2D eigenvalue weighted by molar-refractivity contribution is -0.152. The third kappa shape index (κ3) is 3.91. The molecule has 5 nitrogen and oxygen atoms in total. The number of fused-ring (bicyclic) bond motifs is 1. The topological polar surface area (TPSA) is 65.7 Å². The molecule has 0 N–H and O–H groups in total. The van der Waals surface area contributed by atoms with Crippen LogP contribution in [0, 0.1) is 0 Å². The van der Waals surface area contributed by atoms with Crippen LogP contribution in [0.4, 0.5) is 13.2 Å². The summed E-state index contributed by atoms with van der Waals surface area (Å²) in [6, 6.07) is 12.8. The molecule has 0 unspecified atom stereocenters. The smallest absolute Gasteiger partial charge is 0.450 e. The molecule has 0 aliphatic rings. The average molecular weight is 446 g/mol. The molecule has 9 heteroatoms. The molecular weight excluding hydrogens is 433 g/mol. The van der Waals surface area contributed by atoms with Crippen LogP contribution in [-0.2, 0) is 6.18 Å². The van der Waals surface area contributed by atoms with E-state index in [-0.39, 0.29) is 28.0 Å². The Morgan fingerprint density at radius 1 is 1.06 bits per heavy atom. The van der Waals surface area contributed by atoms with E-state index < -0.39 is 28.9 Å². The largest absolute Gasteiger partial charge is 0.496 e. The van der Waals surface area contributed by atoms with Gasteiger partial charge in [0.1, 0.15) is 22.0 Å². The summed E-state index contributed by atoms with van der Waals surface area (Å²) in [5.74, 6) is -2.08. The number of rotatable bonds is 4. The molecule has 4 aromatic rings. The van der Waals surface area contributed by atoms with Gasteiger partial charge in [-0.25, -0.2) is 4.79 Å². The van der Waals surface area contributed by atoms with Gasteiger partial charge >= 0.3 is 12.1 Å². The SMILES string of the molecule is COc1ccccc1-c1c(C(F)(F)F)oc2cc(OC(=O)c3cccs3)ccc2c1=O. The molecule has 0 bridgehead atoms. The Bertz CT molecular complexity index is 1320. The highest BCUT2D eigenvalue weighted by Crippen LogP contribution is 2.40. The van der Waals surface area contributed by atoms with Crippen molar-refractivity contribution in [2.24, 2.45) is 0 Å². The van der Waals surface area contributed by atoms with E-state index in [2.05, 4.69) is 0 Å². The lowest BCUT2D eigenvalue weighted by Crippen LogP contribution is -2.16. The van der Waals surface area contributed by atoms with Crippen LogP contribution in [0.1, 0.15) is 15.4 Å². The summed E-state index contributed by atoms with van der Waals surface area (Å²) in [6.07, 6.45) is -4.95. The summed E-state index contributed by atoms with van der Waals surface area (Å²) in [5, 5.41) is 1.59. The van der Waals surface area contributed by atoms with E-state index >= 15 is 0 Å². The maximum Gasteiger partial charge on any atom is 0.450 e. The van der Waals surface area contributed by atoms with Crippen LogP contribution >= 0.6 is 11.3 Å². The number of para-hydroxylation sites is 1. The first-order chi connectivity index (χ1) is 14.8. The van der Waals surface area contributed by atoms with Crippen molar-refractivity contribution in [2.45, 2.75) is 6.18 Å². The maximum atomic E-state index is 13.8. The van der Waals surface area contributed by atoms with Crippen LogP contribution in [0.15, 0.2) is 69.2 Å². The molecule has 0 aliphatic heterocycles. The predicted molar refractivity (Wildman–Crippen MR) is 109 cm³/mol. The van der Waals surface area contributed by atoms with Crippen molar-refractivity contribution in [1.29, 1.82) is 0 Å². The Labute approximate surface area is 177 Å². The summed E-state index contributed by atoms with van der Waals surface area (Å²) in [7, 11) is 1.29. The molecule has 0 spiro atoms. The van der Waals surface area contributed by atoms with Gasteiger partial charge in [0.15, 0.2) is 0 Å². The van der Waals surface area contributed by atoms with Gasteiger partial charge in [0.05, 0.1) is 18.1 Å². The molecule has 0 saturated heterocycles. The molecule has 31 heavy (non-hydrogen) atoms. The van der Waals surface area contributed by atoms with Crippen LogP contribution < -0.4 is 14.9 Å². The highest BCUT2D eigenvalue weighted by Gasteiger charge is 2.40. The Morgan fingerprint density at radius 3 is 2.52 bits per heavy atom. The molecule has 2 aromatic carbocycles. The normalized spacial score (nSPS) is 11.5. The molecule has 2 heterocycles. The lowest BCUT2D eigenvalue weighted by Gasteiger charge is -2.15. The monoisotopic (exact) mass is 446 g/mol. The number of halogens is 3. The van der Waals surface area contributed by atoms with E-state index in [1.165, 1.54) is 37.4 Å². The van der Waals surface area contributed by atoms with Gasteiger partial charge in [0.25, 0.3) is 0 Å². The van der Waals surface area contributed by atoms with Crippen molar-refractivity contribution >= 4 is 28.3 Å². The third-order valence-electron chi connectivity index (χ3n) is 4.43. The summed E-state index contributed by atoms with van der Waals surface area (Å²) in [5.41, 5.74) is -1.93. The quantitative estimate of drug-likeness (QED) is 0.294. The van der Waals surface area contributed by atoms with Crippen LogP contribution in [0.2, 0.25) is 0 Å². The standard InChI is InChI=1S/C22H13F3O5S/c1-28-15-6-3-2-5-13(15)18-19(26)14-9-8-12(29-21(27)17-7-4-10-31-17)11-16(14)30-20(18)22(23,24)25/h2-11H,1H3. The predicted octanol–water partition coefficient (Wildman–Crippen LogP) is 5.77. The first-order valence-electron chi connectivity index (χ1n) is 8.86. The van der Waals surface area contributed by atoms with E-state index in [4.69, 9.17) is 13.9 Å². The number of esters is 1. The molecule has 0 atom stereocenters. The summed E-state index contributed by atoms with van der Waals surface area (Å²) in [4.78, 5) is 25.5. The fraction of sp³-hybridized carbons (Fsp3) is 0.0909. The van der Waals surface area contributed by atoms with Gasteiger partial charge in [-0.3, -0.25) is 4.79 Å². The Kier molecular flexibility index (Phi) is 5.28. The fourth-order valence-corrected chi connectivity index (χ4v) is 3.68. The van der Waals surface area contributed by atoms with Crippen molar-refractivity contribution in [3.63, 3.8) is 0 Å². The van der Waals surface area contributed by atoms with Crippen molar-refractivity contribution in [3.05, 3.63) is 80.8 Å². The van der Waals surface area contributed by atoms with E-state index in [0.29, 0.717) is 4.88 Å². The number of hydrogen-bond acceptors (Lipinski definition) is 6. The molecule has 0 saturated carbocycles. The zero-order valence-corrected chi connectivity index (χ0v) is 16.7. The minimum atomic E-state index is -4.95. The van der Waals surface area contributed by atoms with Crippen molar-refractivity contribution in [2.75, 3.05) is 7.11 Å². The highest BCUT2D eigenvalue weighted by molar-refractivity contribution is 7.12. The number of alkyl halides is 3. The van der Waals surface area contributed by atoms with Gasteiger partial charge in [-0.05, 0) is 29.6 Å². The van der Waals surface area contributed by atoms with Gasteiger partial charge in [0.2, 0.25) is 11.2 Å². The maximum absolute atomic E-state index is 13.8. The molecule has 0 radical (unpaired) electrons. The number of hydrogen-bond donors (Lipinski definition) is 0. The number of thiophene rings is 1.